The molecule has 0 radical (unpaired) electrons. The number of rotatable bonds is 9. The highest BCUT2D eigenvalue weighted by Crippen LogP contribution is 2.33. The lowest BCUT2D eigenvalue weighted by Gasteiger charge is -2.34. The Hall–Kier alpha value is -3.67. The molecule has 2 aliphatic rings. The van der Waals surface area contributed by atoms with E-state index >= 15 is 0 Å². The molecule has 1 N–H and O–H groups in total. The third-order valence-electron chi connectivity index (χ3n) is 7.48. The fraction of sp³-hybridized carbons (Fsp3) is 0.438. The van der Waals surface area contributed by atoms with E-state index in [9.17, 15) is 18.0 Å². The molecule has 1 aromatic heterocycles. The zero-order valence-corrected chi connectivity index (χ0v) is 24.3. The number of anilines is 2. The van der Waals surface area contributed by atoms with E-state index < -0.39 is 17.6 Å². The average molecular weight is 600 g/mol. The minimum absolute atomic E-state index is 0.0824. The molecule has 2 aromatic carbocycles. The van der Waals surface area contributed by atoms with E-state index in [1.165, 1.54) is 12.1 Å². The van der Waals surface area contributed by atoms with Crippen molar-refractivity contribution in [2.75, 3.05) is 49.8 Å². The summed E-state index contributed by atoms with van der Waals surface area (Å²) in [6.07, 6.45) is -1.76. The van der Waals surface area contributed by atoms with Crippen molar-refractivity contribution in [3.8, 4) is 17.0 Å². The van der Waals surface area contributed by atoms with E-state index in [4.69, 9.17) is 23.9 Å². The topological polar surface area (TPSA) is 82.2 Å². The maximum atomic E-state index is 13.2. The maximum Gasteiger partial charge on any atom is 0.416 e. The van der Waals surface area contributed by atoms with Gasteiger partial charge in [0.25, 0.3) is 5.91 Å². The lowest BCUT2D eigenvalue weighted by atomic mass is 10.00. The van der Waals surface area contributed by atoms with E-state index in [0.29, 0.717) is 51.1 Å². The van der Waals surface area contributed by atoms with Gasteiger partial charge in [0.1, 0.15) is 12.4 Å². The molecule has 2 atom stereocenters. The normalized spacial score (nSPS) is 19.2. The van der Waals surface area contributed by atoms with Gasteiger partial charge in [0.15, 0.2) is 6.29 Å². The van der Waals surface area contributed by atoms with Gasteiger partial charge in [0, 0.05) is 30.5 Å². The molecule has 43 heavy (non-hydrogen) atoms. The molecule has 2 saturated heterocycles. The molecular formula is C32H36F3N3O5. The quantitative estimate of drug-likeness (QED) is 0.282. The summed E-state index contributed by atoms with van der Waals surface area (Å²) in [6.45, 7) is 7.20. The first-order valence-electron chi connectivity index (χ1n) is 14.5. The number of nitrogens with zero attached hydrogens (tertiary/aromatic N) is 2. The van der Waals surface area contributed by atoms with Gasteiger partial charge in [-0.1, -0.05) is 12.1 Å². The minimum Gasteiger partial charge on any atom is -0.475 e. The Morgan fingerprint density at radius 1 is 1.09 bits per heavy atom. The highest BCUT2D eigenvalue weighted by Gasteiger charge is 2.31. The summed E-state index contributed by atoms with van der Waals surface area (Å²) in [5, 5.41) is 2.74. The Bertz CT molecular complexity index is 1410. The number of amides is 1. The average Bonchev–Trinajstić information content (AvgIpc) is 3.00. The van der Waals surface area contributed by atoms with Gasteiger partial charge in [-0.25, -0.2) is 0 Å². The van der Waals surface area contributed by atoms with Crippen molar-refractivity contribution < 1.29 is 36.9 Å². The summed E-state index contributed by atoms with van der Waals surface area (Å²) in [4.78, 5) is 19.8. The Labute approximate surface area is 249 Å². The third-order valence-corrected chi connectivity index (χ3v) is 7.48. The van der Waals surface area contributed by atoms with E-state index in [1.807, 2.05) is 25.1 Å². The number of pyridine rings is 1. The standard InChI is InChI=1S/C32H36F3N3O5/c1-21-9-10-26(36-31(39)23-6-5-7-25(16-23)32(33,34)35)19-27(21)24-17-28(38-11-13-40-20-22(38)2)37-29(18-24)41-14-15-43-30-8-3-4-12-42-30/h5-7,9-10,16-19,22,30H,3-4,8,11-15,20H2,1-2H3,(H,36,39). The van der Waals surface area contributed by atoms with Crippen LogP contribution < -0.4 is 15.0 Å². The van der Waals surface area contributed by atoms with Crippen LogP contribution >= 0.6 is 0 Å². The van der Waals surface area contributed by atoms with E-state index in [1.54, 1.807) is 12.1 Å². The van der Waals surface area contributed by atoms with Crippen molar-refractivity contribution in [1.29, 1.82) is 0 Å². The number of hydrogen-bond acceptors (Lipinski definition) is 7. The zero-order valence-electron chi connectivity index (χ0n) is 24.3. The number of carbonyl (C=O) groups excluding carboxylic acids is 1. The van der Waals surface area contributed by atoms with Gasteiger partial charge < -0.3 is 29.2 Å². The van der Waals surface area contributed by atoms with Crippen LogP contribution in [0.3, 0.4) is 0 Å². The van der Waals surface area contributed by atoms with Gasteiger partial charge in [-0.05, 0) is 86.2 Å². The first kappa shape index (κ1) is 30.8. The van der Waals surface area contributed by atoms with Crippen LogP contribution in [0.5, 0.6) is 5.88 Å². The Morgan fingerprint density at radius 2 is 1.95 bits per heavy atom. The summed E-state index contributed by atoms with van der Waals surface area (Å²) in [5.41, 5.74) is 2.07. The first-order chi connectivity index (χ1) is 20.7. The predicted octanol–water partition coefficient (Wildman–Crippen LogP) is 6.48. The molecule has 5 rings (SSSR count). The minimum atomic E-state index is -4.54. The maximum absolute atomic E-state index is 13.2. The van der Waals surface area contributed by atoms with Gasteiger partial charge in [0.05, 0.1) is 31.4 Å². The Balaban J connectivity index is 1.38. The molecule has 0 spiro atoms. The summed E-state index contributed by atoms with van der Waals surface area (Å²) in [6, 6.07) is 13.7. The number of halogens is 3. The van der Waals surface area contributed by atoms with Crippen LogP contribution in [-0.4, -0.2) is 62.8 Å². The van der Waals surface area contributed by atoms with Crippen LogP contribution in [0.4, 0.5) is 24.7 Å². The Morgan fingerprint density at radius 3 is 2.72 bits per heavy atom. The van der Waals surface area contributed by atoms with Crippen LogP contribution in [0, 0.1) is 6.92 Å². The van der Waals surface area contributed by atoms with Crippen molar-refractivity contribution in [2.24, 2.45) is 0 Å². The molecule has 0 aliphatic carbocycles. The van der Waals surface area contributed by atoms with Gasteiger partial charge in [-0.2, -0.15) is 18.2 Å². The van der Waals surface area contributed by atoms with Crippen molar-refractivity contribution in [3.63, 3.8) is 0 Å². The monoisotopic (exact) mass is 599 g/mol. The number of benzene rings is 2. The van der Waals surface area contributed by atoms with Crippen LogP contribution in [0.15, 0.2) is 54.6 Å². The molecule has 1 amide bonds. The van der Waals surface area contributed by atoms with Gasteiger partial charge in [-0.3, -0.25) is 4.79 Å². The Kier molecular flexibility index (Phi) is 9.84. The summed E-state index contributed by atoms with van der Waals surface area (Å²) >= 11 is 0. The molecule has 8 nitrogen and oxygen atoms in total. The molecule has 0 saturated carbocycles. The predicted molar refractivity (Wildman–Crippen MR) is 156 cm³/mol. The molecule has 0 bridgehead atoms. The number of nitrogens with one attached hydrogen (secondary N) is 1. The molecule has 2 unspecified atom stereocenters. The smallest absolute Gasteiger partial charge is 0.416 e. The van der Waals surface area contributed by atoms with Gasteiger partial charge >= 0.3 is 6.18 Å². The number of morpholine rings is 1. The van der Waals surface area contributed by atoms with Crippen LogP contribution in [-0.2, 0) is 20.4 Å². The second kappa shape index (κ2) is 13.7. The number of alkyl halides is 3. The zero-order chi connectivity index (χ0) is 30.4. The lowest BCUT2D eigenvalue weighted by Crippen LogP contribution is -2.44. The number of hydrogen-bond donors (Lipinski definition) is 1. The van der Waals surface area contributed by atoms with E-state index in [-0.39, 0.29) is 17.9 Å². The van der Waals surface area contributed by atoms with Crippen molar-refractivity contribution in [2.45, 2.75) is 51.6 Å². The number of ether oxygens (including phenoxy) is 4. The van der Waals surface area contributed by atoms with Gasteiger partial charge in [0.2, 0.25) is 5.88 Å². The van der Waals surface area contributed by atoms with Crippen molar-refractivity contribution >= 4 is 17.4 Å². The SMILES string of the molecule is Cc1ccc(NC(=O)c2cccc(C(F)(F)F)c2)cc1-c1cc(OCCOC2CCCCO2)nc(N2CCOCC2C)c1. The van der Waals surface area contributed by atoms with Crippen LogP contribution in [0.2, 0.25) is 0 Å². The molecule has 11 heteroatoms. The molecule has 2 aliphatic heterocycles. The molecule has 2 fully saturated rings. The van der Waals surface area contributed by atoms with Crippen LogP contribution in [0.1, 0.15) is 47.7 Å². The molecular weight excluding hydrogens is 563 g/mol. The van der Waals surface area contributed by atoms with Gasteiger partial charge in [-0.15, -0.1) is 0 Å². The molecule has 230 valence electrons. The third kappa shape index (κ3) is 8.04. The number of aryl methyl sites for hydroxylation is 1. The first-order valence-corrected chi connectivity index (χ1v) is 14.5. The van der Waals surface area contributed by atoms with Crippen molar-refractivity contribution in [3.05, 3.63) is 71.3 Å². The lowest BCUT2D eigenvalue weighted by molar-refractivity contribution is -0.165. The summed E-state index contributed by atoms with van der Waals surface area (Å²) < 4.78 is 62.6. The molecule has 3 aromatic rings. The van der Waals surface area contributed by atoms with Crippen molar-refractivity contribution in [1.82, 2.24) is 4.98 Å². The molecule has 3 heterocycles. The second-order valence-electron chi connectivity index (χ2n) is 10.7. The second-order valence-corrected chi connectivity index (χ2v) is 10.7. The summed E-state index contributed by atoms with van der Waals surface area (Å²) in [5.74, 6) is 0.527. The number of aromatic nitrogens is 1. The largest absolute Gasteiger partial charge is 0.475 e. The highest BCUT2D eigenvalue weighted by molar-refractivity contribution is 6.04. The highest BCUT2D eigenvalue weighted by atomic mass is 19.4. The van der Waals surface area contributed by atoms with E-state index in [0.717, 1.165) is 53.9 Å². The fourth-order valence-electron chi connectivity index (χ4n) is 5.15. The van der Waals surface area contributed by atoms with Crippen LogP contribution in [0.25, 0.3) is 11.1 Å². The fourth-order valence-corrected chi connectivity index (χ4v) is 5.15. The number of carbonyl (C=O) groups is 1. The van der Waals surface area contributed by atoms with E-state index in [2.05, 4.69) is 17.1 Å². The summed E-state index contributed by atoms with van der Waals surface area (Å²) in [7, 11) is 0.